The highest BCUT2D eigenvalue weighted by Crippen LogP contribution is 2.35. The Bertz CT molecular complexity index is 1120. The Labute approximate surface area is 169 Å². The molecule has 0 radical (unpaired) electrons. The zero-order chi connectivity index (χ0) is 19.6. The number of aromatic hydroxyl groups is 1. The van der Waals surface area contributed by atoms with Gasteiger partial charge in [-0.25, -0.2) is 8.42 Å². The number of azo groups is 1. The van der Waals surface area contributed by atoms with E-state index < -0.39 is 22.5 Å². The van der Waals surface area contributed by atoms with E-state index in [1.807, 2.05) is 0 Å². The third-order valence-electron chi connectivity index (χ3n) is 3.71. The number of fused-ring (bicyclic) bond motifs is 1. The maximum atomic E-state index is 12.2. The van der Waals surface area contributed by atoms with E-state index in [4.69, 9.17) is 0 Å². The molecule has 2 aromatic carbocycles. The third-order valence-corrected chi connectivity index (χ3v) is 5.57. The minimum atomic E-state index is -3.69. The van der Waals surface area contributed by atoms with Gasteiger partial charge in [-0.1, -0.05) is 18.2 Å². The Morgan fingerprint density at radius 3 is 2.52 bits per heavy atom. The SMILES string of the molecule is CS(=O)(=O)N(CC(=O)N=Nc1c(O)[nH]c2ccccc12)c1ccc(I)cc1. The first kappa shape index (κ1) is 19.3. The number of anilines is 1. The lowest BCUT2D eigenvalue weighted by atomic mass is 10.2. The summed E-state index contributed by atoms with van der Waals surface area (Å²) < 4.78 is 26.0. The molecule has 140 valence electrons. The van der Waals surface area contributed by atoms with E-state index in [1.54, 1.807) is 48.5 Å². The van der Waals surface area contributed by atoms with E-state index in [-0.39, 0.29) is 11.6 Å². The summed E-state index contributed by atoms with van der Waals surface area (Å²) in [5.41, 5.74) is 1.13. The molecule has 0 saturated heterocycles. The van der Waals surface area contributed by atoms with Crippen molar-refractivity contribution >= 4 is 60.8 Å². The first-order valence-corrected chi connectivity index (χ1v) is 10.7. The number of nitrogens with zero attached hydrogens (tertiary/aromatic N) is 3. The fourth-order valence-electron chi connectivity index (χ4n) is 2.48. The number of sulfonamides is 1. The zero-order valence-electron chi connectivity index (χ0n) is 14.1. The number of rotatable bonds is 5. The van der Waals surface area contributed by atoms with Gasteiger partial charge in [-0.3, -0.25) is 9.10 Å². The number of halogens is 1. The number of hydrogen-bond donors (Lipinski definition) is 2. The predicted molar refractivity (Wildman–Crippen MR) is 111 cm³/mol. The number of amides is 1. The molecule has 2 N–H and O–H groups in total. The molecule has 1 amide bonds. The summed E-state index contributed by atoms with van der Waals surface area (Å²) in [6.07, 6.45) is 1.01. The number of aromatic amines is 1. The van der Waals surface area contributed by atoms with Crippen molar-refractivity contribution < 1.29 is 18.3 Å². The highest BCUT2D eigenvalue weighted by molar-refractivity contribution is 14.1. The highest BCUT2D eigenvalue weighted by atomic mass is 127. The first-order chi connectivity index (χ1) is 12.8. The summed E-state index contributed by atoms with van der Waals surface area (Å²) in [5, 5.41) is 17.9. The Balaban J connectivity index is 1.85. The maximum Gasteiger partial charge on any atom is 0.285 e. The third kappa shape index (κ3) is 4.45. The molecule has 1 heterocycles. The van der Waals surface area contributed by atoms with Gasteiger partial charge in [-0.05, 0) is 52.9 Å². The standard InChI is InChI=1S/C17H15IN4O4S/c1-27(25,26)22(12-8-6-11(18)7-9-12)10-15(23)20-21-16-13-4-2-3-5-14(13)19-17(16)24/h2-9,19,24H,10H2,1H3. The Hall–Kier alpha value is -2.47. The van der Waals surface area contributed by atoms with Crippen LogP contribution in [0.2, 0.25) is 0 Å². The van der Waals surface area contributed by atoms with Crippen molar-refractivity contribution in [2.75, 3.05) is 17.1 Å². The molecule has 27 heavy (non-hydrogen) atoms. The monoisotopic (exact) mass is 498 g/mol. The van der Waals surface area contributed by atoms with Gasteiger partial charge in [-0.2, -0.15) is 0 Å². The second-order valence-corrected chi connectivity index (χ2v) is 8.86. The summed E-state index contributed by atoms with van der Waals surface area (Å²) >= 11 is 2.10. The molecule has 0 aliphatic rings. The lowest BCUT2D eigenvalue weighted by Crippen LogP contribution is -2.34. The van der Waals surface area contributed by atoms with Crippen molar-refractivity contribution in [1.29, 1.82) is 0 Å². The van der Waals surface area contributed by atoms with Crippen LogP contribution >= 0.6 is 22.6 Å². The molecule has 8 nitrogen and oxygen atoms in total. The minimum Gasteiger partial charge on any atom is -0.493 e. The number of carbonyl (C=O) groups excluding carboxylic acids is 1. The van der Waals surface area contributed by atoms with E-state index in [2.05, 4.69) is 37.8 Å². The molecule has 3 rings (SSSR count). The van der Waals surface area contributed by atoms with E-state index in [9.17, 15) is 18.3 Å². The van der Waals surface area contributed by atoms with Crippen LogP contribution in [-0.4, -0.2) is 37.2 Å². The molecule has 10 heteroatoms. The molecule has 0 saturated carbocycles. The number of nitrogens with one attached hydrogen (secondary N) is 1. The topological polar surface area (TPSA) is 115 Å². The Kier molecular flexibility index (Phi) is 5.46. The van der Waals surface area contributed by atoms with Crippen molar-refractivity contribution in [3.63, 3.8) is 0 Å². The van der Waals surface area contributed by atoms with Crippen molar-refractivity contribution in [3.8, 4) is 5.88 Å². The van der Waals surface area contributed by atoms with Gasteiger partial charge in [-0.15, -0.1) is 10.2 Å². The molecule has 0 fully saturated rings. The Morgan fingerprint density at radius 1 is 1.19 bits per heavy atom. The van der Waals surface area contributed by atoms with Gasteiger partial charge in [0, 0.05) is 8.96 Å². The molecular formula is C17H15IN4O4S. The lowest BCUT2D eigenvalue weighted by molar-refractivity contribution is -0.116. The lowest BCUT2D eigenvalue weighted by Gasteiger charge is -2.20. The number of aromatic nitrogens is 1. The van der Waals surface area contributed by atoms with Crippen LogP contribution in [0.25, 0.3) is 10.9 Å². The largest absolute Gasteiger partial charge is 0.493 e. The van der Waals surface area contributed by atoms with Crippen LogP contribution in [0.4, 0.5) is 11.4 Å². The first-order valence-electron chi connectivity index (χ1n) is 7.73. The van der Waals surface area contributed by atoms with Crippen LogP contribution in [0, 0.1) is 3.57 Å². The zero-order valence-corrected chi connectivity index (χ0v) is 17.1. The van der Waals surface area contributed by atoms with Crippen LogP contribution in [-0.2, 0) is 14.8 Å². The van der Waals surface area contributed by atoms with Gasteiger partial charge in [0.05, 0.1) is 17.5 Å². The molecule has 1 aromatic heterocycles. The molecular weight excluding hydrogens is 483 g/mol. The highest BCUT2D eigenvalue weighted by Gasteiger charge is 2.21. The van der Waals surface area contributed by atoms with Crippen molar-refractivity contribution in [1.82, 2.24) is 4.98 Å². The molecule has 0 bridgehead atoms. The molecule has 0 atom stereocenters. The van der Waals surface area contributed by atoms with Crippen molar-refractivity contribution in [3.05, 3.63) is 52.1 Å². The summed E-state index contributed by atoms with van der Waals surface area (Å²) in [7, 11) is -3.69. The van der Waals surface area contributed by atoms with Crippen molar-refractivity contribution in [2.45, 2.75) is 0 Å². The normalized spacial score (nSPS) is 11.9. The number of carbonyl (C=O) groups is 1. The number of hydrogen-bond acceptors (Lipinski definition) is 5. The van der Waals surface area contributed by atoms with Crippen LogP contribution in [0.15, 0.2) is 58.8 Å². The van der Waals surface area contributed by atoms with Gasteiger partial charge in [0.15, 0.2) is 5.69 Å². The molecule has 0 spiro atoms. The van der Waals surface area contributed by atoms with Gasteiger partial charge in [0.2, 0.25) is 15.9 Å². The summed E-state index contributed by atoms with van der Waals surface area (Å²) in [4.78, 5) is 15.0. The summed E-state index contributed by atoms with van der Waals surface area (Å²) in [5.74, 6) is -0.978. The second-order valence-electron chi connectivity index (χ2n) is 5.71. The molecule has 0 aliphatic carbocycles. The smallest absolute Gasteiger partial charge is 0.285 e. The van der Waals surface area contributed by atoms with E-state index in [1.165, 1.54) is 0 Å². The number of benzene rings is 2. The average molecular weight is 498 g/mol. The van der Waals surface area contributed by atoms with Gasteiger partial charge in [0.25, 0.3) is 5.91 Å². The van der Waals surface area contributed by atoms with E-state index in [0.29, 0.717) is 16.6 Å². The average Bonchev–Trinajstić information content (AvgIpc) is 2.93. The molecule has 0 aliphatic heterocycles. The van der Waals surface area contributed by atoms with Gasteiger partial charge < -0.3 is 10.1 Å². The fourth-order valence-corrected chi connectivity index (χ4v) is 3.69. The number of para-hydroxylation sites is 1. The number of H-pyrrole nitrogens is 1. The molecule has 3 aromatic rings. The predicted octanol–water partition coefficient (Wildman–Crippen LogP) is 3.55. The summed E-state index contributed by atoms with van der Waals surface area (Å²) in [6, 6.07) is 13.7. The van der Waals surface area contributed by atoms with Gasteiger partial charge in [0.1, 0.15) is 6.54 Å². The quantitative estimate of drug-likeness (QED) is 0.414. The minimum absolute atomic E-state index is 0.124. The van der Waals surface area contributed by atoms with Crippen LogP contribution in [0.3, 0.4) is 0 Å². The van der Waals surface area contributed by atoms with Gasteiger partial charge >= 0.3 is 0 Å². The Morgan fingerprint density at radius 2 is 1.85 bits per heavy atom. The van der Waals surface area contributed by atoms with E-state index >= 15 is 0 Å². The van der Waals surface area contributed by atoms with Crippen LogP contribution in [0.1, 0.15) is 0 Å². The van der Waals surface area contributed by atoms with Crippen molar-refractivity contribution in [2.24, 2.45) is 10.2 Å². The molecule has 0 unspecified atom stereocenters. The maximum absolute atomic E-state index is 12.2. The second kappa shape index (κ2) is 7.64. The van der Waals surface area contributed by atoms with Crippen LogP contribution < -0.4 is 4.31 Å². The van der Waals surface area contributed by atoms with Crippen LogP contribution in [0.5, 0.6) is 5.88 Å². The fraction of sp³-hybridized carbons (Fsp3) is 0.118. The summed E-state index contributed by atoms with van der Waals surface area (Å²) in [6.45, 7) is -0.494. The van der Waals surface area contributed by atoms with E-state index in [0.717, 1.165) is 14.1 Å².